The molecule has 2 amide bonds. The number of urea groups is 1. The van der Waals surface area contributed by atoms with Crippen molar-refractivity contribution in [1.29, 1.82) is 5.41 Å². The van der Waals surface area contributed by atoms with Gasteiger partial charge in [0.15, 0.2) is 0 Å². The fraction of sp³-hybridized carbons (Fsp3) is 0.300. The van der Waals surface area contributed by atoms with E-state index in [9.17, 15) is 9.59 Å². The van der Waals surface area contributed by atoms with Gasteiger partial charge in [-0.15, -0.1) is 0 Å². The molecule has 4 N–H and O–H groups in total. The number of ether oxygens (including phenoxy) is 1. The highest BCUT2D eigenvalue weighted by Crippen LogP contribution is 2.24. The Morgan fingerprint density at radius 2 is 2.21 bits per heavy atom. The summed E-state index contributed by atoms with van der Waals surface area (Å²) >= 11 is 0. The molecule has 8 nitrogen and oxygen atoms in total. The number of benzene rings is 1. The third kappa shape index (κ3) is 5.14. The number of methoxy groups -OCH3 is 1. The van der Waals surface area contributed by atoms with Crippen LogP contribution in [0.15, 0.2) is 30.5 Å². The average Bonchev–Trinajstić information content (AvgIpc) is 2.73. The second kappa shape index (κ2) is 10.2. The van der Waals surface area contributed by atoms with Crippen LogP contribution in [0.4, 0.5) is 16.3 Å². The lowest BCUT2D eigenvalue weighted by molar-refractivity contribution is 0.112. The van der Waals surface area contributed by atoms with Crippen LogP contribution in [0, 0.1) is 5.41 Å². The predicted octanol–water partition coefficient (Wildman–Crippen LogP) is 2.72. The maximum absolute atomic E-state index is 12.4. The first-order valence-corrected chi connectivity index (χ1v) is 8.90. The van der Waals surface area contributed by atoms with Crippen molar-refractivity contribution < 1.29 is 14.3 Å². The van der Waals surface area contributed by atoms with Gasteiger partial charge in [-0.05, 0) is 36.6 Å². The molecule has 0 unspecified atom stereocenters. The highest BCUT2D eigenvalue weighted by atomic mass is 16.5. The van der Waals surface area contributed by atoms with Gasteiger partial charge in [0.2, 0.25) is 0 Å². The standard InChI is InChI=1S/C17H17N5O2.C3H8O/c18-7-15-14-4-5-22(9-12(14)8-20-16(15)19)17(24)21-13-3-1-2-11(6-13)10-23;1-3-4-2/h1-3,6-8,10,18H,4-5,9H2,(H2,19,20)(H,21,24);3H2,1-2H3. The average molecular weight is 383 g/mol. The van der Waals surface area contributed by atoms with E-state index in [0.29, 0.717) is 42.1 Å². The Kier molecular flexibility index (Phi) is 7.65. The second-order valence-corrected chi connectivity index (χ2v) is 6.13. The van der Waals surface area contributed by atoms with Crippen LogP contribution >= 0.6 is 0 Å². The van der Waals surface area contributed by atoms with E-state index < -0.39 is 0 Å². The van der Waals surface area contributed by atoms with Crippen molar-refractivity contribution in [2.75, 3.05) is 31.3 Å². The number of aldehydes is 1. The number of carbonyl (C=O) groups excluding carboxylic acids is 2. The zero-order chi connectivity index (χ0) is 20.5. The minimum absolute atomic E-state index is 0.239. The van der Waals surface area contributed by atoms with Crippen LogP contribution in [0.25, 0.3) is 0 Å². The monoisotopic (exact) mass is 383 g/mol. The molecule has 2 aromatic rings. The Morgan fingerprint density at radius 1 is 1.46 bits per heavy atom. The summed E-state index contributed by atoms with van der Waals surface area (Å²) in [7, 11) is 1.68. The van der Waals surface area contributed by atoms with E-state index >= 15 is 0 Å². The number of nitrogens with zero attached hydrogens (tertiary/aromatic N) is 2. The van der Waals surface area contributed by atoms with Gasteiger partial charge in [0.25, 0.3) is 0 Å². The number of nitrogen functional groups attached to an aromatic ring is 1. The topological polar surface area (TPSA) is 121 Å². The Morgan fingerprint density at radius 3 is 2.86 bits per heavy atom. The Hall–Kier alpha value is -3.26. The van der Waals surface area contributed by atoms with Gasteiger partial charge in [-0.3, -0.25) is 4.79 Å². The van der Waals surface area contributed by atoms with E-state index in [1.54, 1.807) is 42.5 Å². The first-order chi connectivity index (χ1) is 13.5. The molecule has 3 rings (SSSR count). The molecular formula is C20H25N5O3. The number of rotatable bonds is 4. The second-order valence-electron chi connectivity index (χ2n) is 6.13. The zero-order valence-electron chi connectivity index (χ0n) is 16.1. The molecule has 1 aromatic heterocycles. The van der Waals surface area contributed by atoms with Crippen molar-refractivity contribution >= 4 is 30.0 Å². The van der Waals surface area contributed by atoms with E-state index in [1.165, 1.54) is 6.21 Å². The lowest BCUT2D eigenvalue weighted by atomic mass is 9.97. The molecule has 1 aliphatic rings. The first-order valence-electron chi connectivity index (χ1n) is 8.90. The van der Waals surface area contributed by atoms with Crippen molar-refractivity contribution in [3.63, 3.8) is 0 Å². The van der Waals surface area contributed by atoms with Gasteiger partial charge in [0.05, 0.1) is 0 Å². The molecule has 0 atom stereocenters. The van der Waals surface area contributed by atoms with Crippen LogP contribution < -0.4 is 11.1 Å². The third-order valence-electron chi connectivity index (χ3n) is 4.34. The van der Waals surface area contributed by atoms with Crippen molar-refractivity contribution in [2.24, 2.45) is 0 Å². The SMILES string of the molecule is CCOC.N=Cc1c(N)ncc2c1CCN(C(=O)Nc1cccc(C=O)c1)C2. The van der Waals surface area contributed by atoms with Gasteiger partial charge in [-0.2, -0.15) is 0 Å². The molecule has 2 heterocycles. The van der Waals surface area contributed by atoms with Crippen LogP contribution in [0.5, 0.6) is 0 Å². The summed E-state index contributed by atoms with van der Waals surface area (Å²) in [5.74, 6) is 0.340. The summed E-state index contributed by atoms with van der Waals surface area (Å²) in [4.78, 5) is 29.0. The molecule has 0 radical (unpaired) electrons. The number of amides is 2. The number of nitrogens with two attached hydrogens (primary N) is 1. The quantitative estimate of drug-likeness (QED) is 0.554. The maximum atomic E-state index is 12.4. The number of hydrogen-bond acceptors (Lipinski definition) is 6. The summed E-state index contributed by atoms with van der Waals surface area (Å²) in [5, 5.41) is 10.3. The summed E-state index contributed by atoms with van der Waals surface area (Å²) in [5.41, 5.74) is 9.38. The largest absolute Gasteiger partial charge is 0.385 e. The molecule has 0 fully saturated rings. The number of fused-ring (bicyclic) bond motifs is 1. The number of hydrogen-bond donors (Lipinski definition) is 3. The molecule has 1 aliphatic heterocycles. The Balaban J connectivity index is 0.000000640. The number of pyridine rings is 1. The van der Waals surface area contributed by atoms with Crippen molar-refractivity contribution in [3.8, 4) is 0 Å². The highest BCUT2D eigenvalue weighted by Gasteiger charge is 2.23. The normalized spacial score (nSPS) is 12.3. The van der Waals surface area contributed by atoms with Gasteiger partial charge < -0.3 is 26.1 Å². The van der Waals surface area contributed by atoms with Crippen molar-refractivity contribution in [1.82, 2.24) is 9.88 Å². The van der Waals surface area contributed by atoms with E-state index in [4.69, 9.17) is 11.1 Å². The van der Waals surface area contributed by atoms with E-state index in [-0.39, 0.29) is 6.03 Å². The smallest absolute Gasteiger partial charge is 0.322 e. The fourth-order valence-corrected chi connectivity index (χ4v) is 2.81. The minimum Gasteiger partial charge on any atom is -0.385 e. The van der Waals surface area contributed by atoms with Gasteiger partial charge in [0, 0.05) is 56.0 Å². The van der Waals surface area contributed by atoms with Crippen molar-refractivity contribution in [3.05, 3.63) is 52.7 Å². The summed E-state index contributed by atoms with van der Waals surface area (Å²) in [6.07, 6.45) is 4.22. The molecule has 148 valence electrons. The van der Waals surface area contributed by atoms with Crippen LogP contribution in [0.2, 0.25) is 0 Å². The summed E-state index contributed by atoms with van der Waals surface area (Å²) in [6.45, 7) is 3.71. The number of aromatic nitrogens is 1. The first kappa shape index (κ1) is 21.0. The van der Waals surface area contributed by atoms with E-state index in [2.05, 4.69) is 15.0 Å². The number of carbonyl (C=O) groups is 2. The minimum atomic E-state index is -0.239. The molecule has 0 bridgehead atoms. The van der Waals surface area contributed by atoms with Crippen LogP contribution in [0.3, 0.4) is 0 Å². The molecule has 1 aromatic carbocycles. The highest BCUT2D eigenvalue weighted by molar-refractivity contribution is 5.91. The van der Waals surface area contributed by atoms with Crippen LogP contribution in [0.1, 0.15) is 34.0 Å². The van der Waals surface area contributed by atoms with E-state index in [0.717, 1.165) is 24.0 Å². The molecular weight excluding hydrogens is 358 g/mol. The van der Waals surface area contributed by atoms with Gasteiger partial charge in [-0.25, -0.2) is 9.78 Å². The lowest BCUT2D eigenvalue weighted by Gasteiger charge is -2.29. The zero-order valence-corrected chi connectivity index (χ0v) is 16.1. The van der Waals surface area contributed by atoms with Gasteiger partial charge >= 0.3 is 6.03 Å². The van der Waals surface area contributed by atoms with Gasteiger partial charge in [-0.1, -0.05) is 12.1 Å². The predicted molar refractivity (Wildman–Crippen MR) is 109 cm³/mol. The van der Waals surface area contributed by atoms with Crippen LogP contribution in [-0.2, 0) is 17.7 Å². The maximum Gasteiger partial charge on any atom is 0.322 e. The molecule has 0 saturated carbocycles. The fourth-order valence-electron chi connectivity index (χ4n) is 2.81. The number of nitrogens with one attached hydrogen (secondary N) is 2. The molecule has 0 saturated heterocycles. The van der Waals surface area contributed by atoms with Gasteiger partial charge in [0.1, 0.15) is 12.1 Å². The molecule has 0 spiro atoms. The Labute approximate surface area is 164 Å². The molecule has 8 heteroatoms. The lowest BCUT2D eigenvalue weighted by Crippen LogP contribution is -2.39. The summed E-state index contributed by atoms with van der Waals surface area (Å²) < 4.78 is 4.54. The van der Waals surface area contributed by atoms with Crippen molar-refractivity contribution in [2.45, 2.75) is 19.9 Å². The molecule has 28 heavy (non-hydrogen) atoms. The Bertz CT molecular complexity index is 852. The third-order valence-corrected chi connectivity index (χ3v) is 4.34. The summed E-state index contributed by atoms with van der Waals surface area (Å²) in [6, 6.07) is 6.51. The molecule has 0 aliphatic carbocycles. The number of anilines is 2. The van der Waals surface area contributed by atoms with E-state index in [1.807, 2.05) is 6.92 Å². The van der Waals surface area contributed by atoms with Crippen LogP contribution in [-0.4, -0.2) is 48.7 Å².